The van der Waals surface area contributed by atoms with Crippen molar-refractivity contribution < 1.29 is 9.90 Å². The number of aliphatic carboxylic acids is 1. The molecule has 16 heavy (non-hydrogen) atoms. The van der Waals surface area contributed by atoms with Crippen molar-refractivity contribution in [1.82, 2.24) is 4.90 Å². The topological polar surface area (TPSA) is 40.5 Å². The molecule has 0 spiro atoms. The van der Waals surface area contributed by atoms with Gasteiger partial charge >= 0.3 is 5.97 Å². The predicted octanol–water partition coefficient (Wildman–Crippen LogP) is 2.75. The lowest BCUT2D eigenvalue weighted by molar-refractivity contribution is -0.139. The van der Waals surface area contributed by atoms with E-state index in [4.69, 9.17) is 5.11 Å². The predicted molar refractivity (Wildman–Crippen MR) is 65.5 cm³/mol. The van der Waals surface area contributed by atoms with E-state index in [1.807, 2.05) is 13.8 Å². The molecule has 0 amide bonds. The number of carboxylic acids is 1. The fourth-order valence-electron chi connectivity index (χ4n) is 2.79. The minimum atomic E-state index is -0.693. The fraction of sp³-hybridized carbons (Fsp3) is 0.923. The van der Waals surface area contributed by atoms with Crippen LogP contribution in [0.15, 0.2) is 0 Å². The Morgan fingerprint density at radius 2 is 1.88 bits per heavy atom. The van der Waals surface area contributed by atoms with E-state index in [-0.39, 0.29) is 11.8 Å². The van der Waals surface area contributed by atoms with E-state index in [2.05, 4.69) is 11.9 Å². The summed E-state index contributed by atoms with van der Waals surface area (Å²) in [5, 5.41) is 8.85. The van der Waals surface area contributed by atoms with Gasteiger partial charge in [0.2, 0.25) is 0 Å². The highest BCUT2D eigenvalue weighted by Crippen LogP contribution is 2.27. The van der Waals surface area contributed by atoms with Gasteiger partial charge in [0, 0.05) is 12.6 Å². The Labute approximate surface area is 98.8 Å². The summed E-state index contributed by atoms with van der Waals surface area (Å²) in [6, 6.07) is 0.668. The van der Waals surface area contributed by atoms with Crippen molar-refractivity contribution in [1.29, 1.82) is 0 Å². The molecule has 0 radical (unpaired) electrons. The number of rotatable bonds is 5. The van der Waals surface area contributed by atoms with Crippen LogP contribution in [0.2, 0.25) is 0 Å². The van der Waals surface area contributed by atoms with E-state index in [0.717, 1.165) is 6.54 Å². The van der Waals surface area contributed by atoms with Crippen molar-refractivity contribution >= 4 is 5.97 Å². The van der Waals surface area contributed by atoms with E-state index in [1.54, 1.807) is 0 Å². The van der Waals surface area contributed by atoms with Crippen molar-refractivity contribution in [3.05, 3.63) is 0 Å². The van der Waals surface area contributed by atoms with Crippen LogP contribution in [0, 0.1) is 5.41 Å². The number of carboxylic acid groups (broad SMARTS) is 1. The van der Waals surface area contributed by atoms with E-state index in [9.17, 15) is 4.79 Å². The largest absolute Gasteiger partial charge is 0.481 e. The maximum Gasteiger partial charge on any atom is 0.303 e. The third-order valence-corrected chi connectivity index (χ3v) is 3.51. The lowest BCUT2D eigenvalue weighted by Crippen LogP contribution is -2.40. The summed E-state index contributed by atoms with van der Waals surface area (Å²) in [6.07, 6.45) is 6.83. The lowest BCUT2D eigenvalue weighted by atomic mass is 9.87. The molecule has 0 aromatic heterocycles. The molecule has 1 aliphatic carbocycles. The zero-order chi connectivity index (χ0) is 12.2. The van der Waals surface area contributed by atoms with Crippen LogP contribution in [0.5, 0.6) is 0 Å². The molecule has 1 saturated carbocycles. The average Bonchev–Trinajstić information content (AvgIpc) is 2.16. The molecule has 0 aromatic rings. The van der Waals surface area contributed by atoms with Gasteiger partial charge in [-0.15, -0.1) is 0 Å². The van der Waals surface area contributed by atoms with Crippen LogP contribution >= 0.6 is 0 Å². The second-order valence-electron chi connectivity index (χ2n) is 5.94. The number of nitrogens with zero attached hydrogens (tertiary/aromatic N) is 1. The first-order valence-corrected chi connectivity index (χ1v) is 6.33. The fourth-order valence-corrected chi connectivity index (χ4v) is 2.79. The van der Waals surface area contributed by atoms with Gasteiger partial charge in [0.05, 0.1) is 6.42 Å². The summed E-state index contributed by atoms with van der Waals surface area (Å²) in [5.41, 5.74) is -0.127. The second kappa shape index (κ2) is 5.67. The molecule has 1 N–H and O–H groups in total. The van der Waals surface area contributed by atoms with Crippen LogP contribution in [0.3, 0.4) is 0 Å². The Kier molecular flexibility index (Phi) is 4.78. The van der Waals surface area contributed by atoms with Crippen LogP contribution in [0.1, 0.15) is 52.4 Å². The molecule has 0 unspecified atom stereocenters. The highest BCUT2D eigenvalue weighted by molar-refractivity contribution is 5.67. The van der Waals surface area contributed by atoms with Crippen molar-refractivity contribution in [3.8, 4) is 0 Å². The zero-order valence-corrected chi connectivity index (χ0v) is 10.8. The number of hydrogen-bond donors (Lipinski definition) is 1. The van der Waals surface area contributed by atoms with Gasteiger partial charge in [-0.2, -0.15) is 0 Å². The van der Waals surface area contributed by atoms with Crippen molar-refractivity contribution in [2.24, 2.45) is 5.41 Å². The Balaban J connectivity index is 2.41. The van der Waals surface area contributed by atoms with Crippen LogP contribution in [-0.4, -0.2) is 35.6 Å². The Morgan fingerprint density at radius 3 is 2.38 bits per heavy atom. The molecule has 0 heterocycles. The smallest absolute Gasteiger partial charge is 0.303 e. The molecule has 1 aliphatic rings. The normalized spacial score (nSPS) is 19.0. The molecule has 1 fully saturated rings. The van der Waals surface area contributed by atoms with Gasteiger partial charge in [-0.25, -0.2) is 0 Å². The Bertz CT molecular complexity index is 232. The summed E-state index contributed by atoms with van der Waals surface area (Å²) < 4.78 is 0. The molecule has 0 aliphatic heterocycles. The summed E-state index contributed by atoms with van der Waals surface area (Å²) >= 11 is 0. The third kappa shape index (κ3) is 4.52. The molecule has 3 heteroatoms. The third-order valence-electron chi connectivity index (χ3n) is 3.51. The van der Waals surface area contributed by atoms with Gasteiger partial charge in [-0.1, -0.05) is 33.1 Å². The van der Waals surface area contributed by atoms with E-state index in [1.165, 1.54) is 32.1 Å². The molecule has 3 nitrogen and oxygen atoms in total. The molecule has 0 bridgehead atoms. The SMILES string of the molecule is CN(CC(C)(C)CC(=O)O)C1CCCCC1. The average molecular weight is 227 g/mol. The van der Waals surface area contributed by atoms with Crippen LogP contribution in [-0.2, 0) is 4.79 Å². The van der Waals surface area contributed by atoms with Crippen LogP contribution in [0.25, 0.3) is 0 Å². The van der Waals surface area contributed by atoms with Crippen LogP contribution < -0.4 is 0 Å². The van der Waals surface area contributed by atoms with Gasteiger partial charge in [0.15, 0.2) is 0 Å². The standard InChI is InChI=1S/C13H25NO2/c1-13(2,9-12(15)16)10-14(3)11-7-5-4-6-8-11/h11H,4-10H2,1-3H3,(H,15,16). The van der Waals surface area contributed by atoms with E-state index < -0.39 is 5.97 Å². The summed E-state index contributed by atoms with van der Waals surface area (Å²) in [5.74, 6) is -0.693. The van der Waals surface area contributed by atoms with Gasteiger partial charge in [0.1, 0.15) is 0 Å². The van der Waals surface area contributed by atoms with E-state index >= 15 is 0 Å². The van der Waals surface area contributed by atoms with Gasteiger partial charge in [0.25, 0.3) is 0 Å². The Morgan fingerprint density at radius 1 is 1.31 bits per heavy atom. The highest BCUT2D eigenvalue weighted by atomic mass is 16.4. The van der Waals surface area contributed by atoms with Crippen LogP contribution in [0.4, 0.5) is 0 Å². The first-order chi connectivity index (χ1) is 7.41. The zero-order valence-electron chi connectivity index (χ0n) is 10.8. The molecule has 0 aromatic carbocycles. The van der Waals surface area contributed by atoms with Gasteiger partial charge in [-0.3, -0.25) is 4.79 Å². The van der Waals surface area contributed by atoms with Crippen molar-refractivity contribution in [2.45, 2.75) is 58.4 Å². The minimum absolute atomic E-state index is 0.127. The summed E-state index contributed by atoms with van der Waals surface area (Å²) in [4.78, 5) is 13.1. The monoisotopic (exact) mass is 227 g/mol. The van der Waals surface area contributed by atoms with Crippen molar-refractivity contribution in [3.63, 3.8) is 0 Å². The minimum Gasteiger partial charge on any atom is -0.481 e. The molecular formula is C13H25NO2. The molecule has 0 saturated heterocycles. The maximum absolute atomic E-state index is 10.8. The first-order valence-electron chi connectivity index (χ1n) is 6.33. The first kappa shape index (κ1) is 13.5. The van der Waals surface area contributed by atoms with Gasteiger partial charge < -0.3 is 10.0 Å². The number of carbonyl (C=O) groups is 1. The molecule has 0 atom stereocenters. The van der Waals surface area contributed by atoms with Crippen molar-refractivity contribution in [2.75, 3.05) is 13.6 Å². The number of hydrogen-bond acceptors (Lipinski definition) is 2. The van der Waals surface area contributed by atoms with E-state index in [0.29, 0.717) is 6.04 Å². The summed E-state index contributed by atoms with van der Waals surface area (Å²) in [7, 11) is 2.14. The van der Waals surface area contributed by atoms with Gasteiger partial charge in [-0.05, 0) is 25.3 Å². The Hall–Kier alpha value is -0.570. The molecule has 1 rings (SSSR count). The second-order valence-corrected chi connectivity index (χ2v) is 5.94. The molecular weight excluding hydrogens is 202 g/mol. The highest BCUT2D eigenvalue weighted by Gasteiger charge is 2.27. The maximum atomic E-state index is 10.8. The molecule has 94 valence electrons. The lowest BCUT2D eigenvalue weighted by Gasteiger charge is -2.36. The quantitative estimate of drug-likeness (QED) is 0.785. The summed E-state index contributed by atoms with van der Waals surface area (Å²) in [6.45, 7) is 4.96.